The van der Waals surface area contributed by atoms with Crippen molar-refractivity contribution >= 4 is 11.9 Å². The van der Waals surface area contributed by atoms with E-state index < -0.39 is 0 Å². The van der Waals surface area contributed by atoms with Crippen LogP contribution in [0.25, 0.3) is 0 Å². The Morgan fingerprint density at radius 2 is 1.76 bits per heavy atom. The Balaban J connectivity index is 1.15. The maximum atomic E-state index is 12.8. The lowest BCUT2D eigenvalue weighted by atomic mass is 9.88. The molecule has 2 aromatic heterocycles. The topological polar surface area (TPSA) is 87.4 Å². The molecule has 1 N–H and O–H groups in total. The van der Waals surface area contributed by atoms with Crippen LogP contribution in [0.2, 0.25) is 0 Å². The molecular formula is C25H30N6O2. The maximum absolute atomic E-state index is 12.8. The molecular weight excluding hydrogens is 416 g/mol. The second kappa shape index (κ2) is 8.59. The van der Waals surface area contributed by atoms with E-state index in [-0.39, 0.29) is 16.7 Å². The first-order valence-corrected chi connectivity index (χ1v) is 11.5. The number of nitrogens with zero attached hydrogens (tertiary/aromatic N) is 5. The van der Waals surface area contributed by atoms with Crippen LogP contribution in [0.15, 0.2) is 59.5 Å². The summed E-state index contributed by atoms with van der Waals surface area (Å²) in [5.74, 6) is 1.14. The van der Waals surface area contributed by atoms with E-state index >= 15 is 0 Å². The molecule has 33 heavy (non-hydrogen) atoms. The SMILES string of the molecule is CC1(C)CC1(CNC(=O)c1coc(CN2CCN(c3ncccn3)CC2)n1)c1ccccc1. The number of carbonyl (C=O) groups excluding carboxylic acids is 1. The zero-order valence-electron chi connectivity index (χ0n) is 19.2. The summed E-state index contributed by atoms with van der Waals surface area (Å²) in [6.45, 7) is 9.08. The van der Waals surface area contributed by atoms with E-state index in [9.17, 15) is 4.79 Å². The van der Waals surface area contributed by atoms with Gasteiger partial charge in [0.25, 0.3) is 5.91 Å². The largest absolute Gasteiger partial charge is 0.447 e. The smallest absolute Gasteiger partial charge is 0.273 e. The van der Waals surface area contributed by atoms with Gasteiger partial charge in [-0.15, -0.1) is 0 Å². The number of amides is 1. The fraction of sp³-hybridized carbons (Fsp3) is 0.440. The number of hydrogen-bond acceptors (Lipinski definition) is 7. The Kier molecular flexibility index (Phi) is 5.62. The molecule has 0 bridgehead atoms. The van der Waals surface area contributed by atoms with Crippen LogP contribution in [-0.4, -0.2) is 58.5 Å². The van der Waals surface area contributed by atoms with Crippen LogP contribution in [0.3, 0.4) is 0 Å². The summed E-state index contributed by atoms with van der Waals surface area (Å²) in [4.78, 5) is 30.3. The monoisotopic (exact) mass is 446 g/mol. The molecule has 172 valence electrons. The molecule has 8 nitrogen and oxygen atoms in total. The van der Waals surface area contributed by atoms with Crippen molar-refractivity contribution in [1.82, 2.24) is 25.2 Å². The first-order chi connectivity index (χ1) is 16.0. The predicted octanol–water partition coefficient (Wildman–Crippen LogP) is 2.88. The van der Waals surface area contributed by atoms with Crippen LogP contribution < -0.4 is 10.2 Å². The zero-order chi connectivity index (χ0) is 22.9. The third kappa shape index (κ3) is 4.35. The van der Waals surface area contributed by atoms with Gasteiger partial charge in [0.05, 0.1) is 6.54 Å². The molecule has 1 amide bonds. The van der Waals surface area contributed by atoms with Crippen LogP contribution in [0.1, 0.15) is 42.2 Å². The average molecular weight is 447 g/mol. The standard InChI is InChI=1S/C25H30N6O2/c1-24(2)17-25(24,19-7-4-3-5-8-19)18-28-22(32)20-16-33-21(29-20)15-30-11-13-31(14-12-30)23-26-9-6-10-27-23/h3-10,16H,11-15,17-18H2,1-2H3,(H,28,32). The number of benzene rings is 1. The Morgan fingerprint density at radius 3 is 2.42 bits per heavy atom. The third-order valence-corrected chi connectivity index (χ3v) is 7.14. The van der Waals surface area contributed by atoms with Crippen molar-refractivity contribution in [2.45, 2.75) is 32.2 Å². The summed E-state index contributed by atoms with van der Waals surface area (Å²) in [6.07, 6.45) is 6.04. The normalized spacial score (nSPS) is 22.2. The zero-order valence-corrected chi connectivity index (χ0v) is 19.2. The number of oxazole rings is 1. The van der Waals surface area contributed by atoms with Crippen LogP contribution in [0, 0.1) is 5.41 Å². The van der Waals surface area contributed by atoms with Crippen molar-refractivity contribution in [3.8, 4) is 0 Å². The number of rotatable bonds is 7. The number of nitrogens with one attached hydrogen (secondary N) is 1. The van der Waals surface area contributed by atoms with Crippen LogP contribution in [0.4, 0.5) is 5.95 Å². The van der Waals surface area contributed by atoms with Gasteiger partial charge >= 0.3 is 0 Å². The first-order valence-electron chi connectivity index (χ1n) is 11.5. The molecule has 1 unspecified atom stereocenters. The van der Waals surface area contributed by atoms with E-state index in [1.54, 1.807) is 12.4 Å². The average Bonchev–Trinajstić information content (AvgIpc) is 3.16. The lowest BCUT2D eigenvalue weighted by Gasteiger charge is -2.33. The van der Waals surface area contributed by atoms with Gasteiger partial charge in [-0.2, -0.15) is 0 Å². The fourth-order valence-electron chi connectivity index (χ4n) is 4.93. The number of aromatic nitrogens is 3. The van der Waals surface area contributed by atoms with Crippen LogP contribution in [-0.2, 0) is 12.0 Å². The van der Waals surface area contributed by atoms with E-state index in [0.29, 0.717) is 24.7 Å². The van der Waals surface area contributed by atoms with Crippen LogP contribution in [0.5, 0.6) is 0 Å². The van der Waals surface area contributed by atoms with Gasteiger partial charge in [-0.3, -0.25) is 9.69 Å². The van der Waals surface area contributed by atoms with Gasteiger partial charge in [0.2, 0.25) is 11.8 Å². The fourth-order valence-corrected chi connectivity index (χ4v) is 4.93. The minimum Gasteiger partial charge on any atom is -0.447 e. The second-order valence-electron chi connectivity index (χ2n) is 9.63. The second-order valence-corrected chi connectivity index (χ2v) is 9.63. The number of carbonyl (C=O) groups is 1. The van der Waals surface area contributed by atoms with E-state index in [1.165, 1.54) is 11.8 Å². The van der Waals surface area contributed by atoms with Gasteiger partial charge in [-0.25, -0.2) is 15.0 Å². The van der Waals surface area contributed by atoms with Crippen molar-refractivity contribution < 1.29 is 9.21 Å². The molecule has 1 aliphatic heterocycles. The van der Waals surface area contributed by atoms with E-state index in [2.05, 4.69) is 68.2 Å². The van der Waals surface area contributed by atoms with Gasteiger partial charge in [0.1, 0.15) is 6.26 Å². The Bertz CT molecular complexity index is 1090. The quantitative estimate of drug-likeness (QED) is 0.597. The van der Waals surface area contributed by atoms with Gasteiger partial charge in [-0.1, -0.05) is 44.2 Å². The molecule has 1 aromatic carbocycles. The molecule has 1 saturated carbocycles. The van der Waals surface area contributed by atoms with E-state index in [4.69, 9.17) is 4.42 Å². The highest BCUT2D eigenvalue weighted by atomic mass is 16.3. The summed E-state index contributed by atoms with van der Waals surface area (Å²) < 4.78 is 5.62. The lowest BCUT2D eigenvalue weighted by molar-refractivity contribution is 0.0943. The molecule has 0 spiro atoms. The first kappa shape index (κ1) is 21.6. The summed E-state index contributed by atoms with van der Waals surface area (Å²) in [7, 11) is 0. The molecule has 8 heteroatoms. The molecule has 1 aliphatic carbocycles. The molecule has 5 rings (SSSR count). The third-order valence-electron chi connectivity index (χ3n) is 7.14. The Morgan fingerprint density at radius 1 is 1.06 bits per heavy atom. The molecule has 2 fully saturated rings. The van der Waals surface area contributed by atoms with Crippen LogP contribution >= 0.6 is 0 Å². The molecule has 1 saturated heterocycles. The van der Waals surface area contributed by atoms with E-state index in [1.807, 2.05) is 12.1 Å². The molecule has 3 aromatic rings. The van der Waals surface area contributed by atoms with Crippen molar-refractivity contribution in [3.63, 3.8) is 0 Å². The number of hydrogen-bond donors (Lipinski definition) is 1. The molecule has 2 aliphatic rings. The van der Waals surface area contributed by atoms with Crippen molar-refractivity contribution in [2.24, 2.45) is 5.41 Å². The van der Waals surface area contributed by atoms with Gasteiger partial charge in [-0.05, 0) is 23.5 Å². The van der Waals surface area contributed by atoms with Gasteiger partial charge in [0.15, 0.2) is 5.69 Å². The summed E-state index contributed by atoms with van der Waals surface area (Å²) in [5.41, 5.74) is 1.74. The Labute approximate surface area is 194 Å². The van der Waals surface area contributed by atoms with E-state index in [0.717, 1.165) is 38.5 Å². The summed E-state index contributed by atoms with van der Waals surface area (Å²) in [5, 5.41) is 3.10. The van der Waals surface area contributed by atoms with Crippen molar-refractivity contribution in [2.75, 3.05) is 37.6 Å². The Hall–Kier alpha value is -3.26. The summed E-state index contributed by atoms with van der Waals surface area (Å²) in [6, 6.07) is 12.3. The highest BCUT2D eigenvalue weighted by Crippen LogP contribution is 2.63. The number of anilines is 1. The molecule has 3 heterocycles. The van der Waals surface area contributed by atoms with Gasteiger partial charge < -0.3 is 14.6 Å². The maximum Gasteiger partial charge on any atom is 0.273 e. The van der Waals surface area contributed by atoms with Gasteiger partial charge in [0, 0.05) is 50.5 Å². The predicted molar refractivity (Wildman–Crippen MR) is 125 cm³/mol. The molecule has 0 radical (unpaired) electrons. The highest BCUT2D eigenvalue weighted by molar-refractivity contribution is 5.92. The molecule has 1 atom stereocenters. The highest BCUT2D eigenvalue weighted by Gasteiger charge is 2.61. The minimum atomic E-state index is -0.186. The van der Waals surface area contributed by atoms with Crippen molar-refractivity contribution in [3.05, 3.63) is 72.2 Å². The number of piperazine rings is 1. The van der Waals surface area contributed by atoms with Crippen molar-refractivity contribution in [1.29, 1.82) is 0 Å². The lowest BCUT2D eigenvalue weighted by Crippen LogP contribution is -2.46. The summed E-state index contributed by atoms with van der Waals surface area (Å²) >= 11 is 0. The minimum absolute atomic E-state index is 0.0291.